The van der Waals surface area contributed by atoms with Crippen molar-refractivity contribution in [1.29, 1.82) is 0 Å². The maximum atomic E-state index is 5.44. The van der Waals surface area contributed by atoms with E-state index in [1.807, 2.05) is 36.4 Å². The van der Waals surface area contributed by atoms with Crippen molar-refractivity contribution in [3.63, 3.8) is 0 Å². The van der Waals surface area contributed by atoms with Crippen LogP contribution in [0.4, 0.5) is 0 Å². The quantitative estimate of drug-likeness (QED) is 0.793. The minimum Gasteiger partial charge on any atom is -0.496 e. The summed E-state index contributed by atoms with van der Waals surface area (Å²) < 4.78 is 11.6. The molecule has 2 aromatic rings. The van der Waals surface area contributed by atoms with E-state index >= 15 is 0 Å². The van der Waals surface area contributed by atoms with Gasteiger partial charge in [-0.25, -0.2) is 0 Å². The van der Waals surface area contributed by atoms with Crippen LogP contribution in [0.2, 0.25) is 0 Å². The number of rotatable bonds is 3. The van der Waals surface area contributed by atoms with E-state index in [2.05, 4.69) is 21.9 Å². The SMILES string of the molecule is C#Cc1cccc(-c2c(OC)ccc(OC)c2Br)c1. The van der Waals surface area contributed by atoms with Gasteiger partial charge in [0.2, 0.25) is 0 Å². The summed E-state index contributed by atoms with van der Waals surface area (Å²) in [7, 11) is 3.27. The Hall–Kier alpha value is -1.92. The molecule has 0 saturated heterocycles. The van der Waals surface area contributed by atoms with E-state index < -0.39 is 0 Å². The first-order chi connectivity index (χ1) is 9.21. The number of methoxy groups -OCH3 is 2. The van der Waals surface area contributed by atoms with Crippen LogP contribution in [0.3, 0.4) is 0 Å². The van der Waals surface area contributed by atoms with Crippen molar-refractivity contribution >= 4 is 15.9 Å². The van der Waals surface area contributed by atoms with Crippen LogP contribution >= 0.6 is 15.9 Å². The minimum atomic E-state index is 0.752. The van der Waals surface area contributed by atoms with E-state index in [1.54, 1.807) is 14.2 Å². The summed E-state index contributed by atoms with van der Waals surface area (Å²) >= 11 is 3.56. The van der Waals surface area contributed by atoms with Crippen LogP contribution in [0.15, 0.2) is 40.9 Å². The second-order valence-corrected chi connectivity index (χ2v) is 4.68. The topological polar surface area (TPSA) is 18.5 Å². The van der Waals surface area contributed by atoms with Gasteiger partial charge in [-0.2, -0.15) is 0 Å². The van der Waals surface area contributed by atoms with Crippen LogP contribution in [-0.2, 0) is 0 Å². The fourth-order valence-electron chi connectivity index (χ4n) is 1.90. The second-order valence-electron chi connectivity index (χ2n) is 3.88. The van der Waals surface area contributed by atoms with Crippen molar-refractivity contribution in [2.24, 2.45) is 0 Å². The molecule has 0 N–H and O–H groups in total. The summed E-state index contributed by atoms with van der Waals surface area (Å²) in [6.45, 7) is 0. The normalized spacial score (nSPS) is 9.79. The van der Waals surface area contributed by atoms with Crippen molar-refractivity contribution in [2.75, 3.05) is 14.2 Å². The summed E-state index contributed by atoms with van der Waals surface area (Å²) in [5, 5.41) is 0. The molecular weight excluding hydrogens is 304 g/mol. The predicted molar refractivity (Wildman–Crippen MR) is 80.6 cm³/mol. The lowest BCUT2D eigenvalue weighted by atomic mass is 10.0. The molecule has 0 heterocycles. The standard InChI is InChI=1S/C16H13BrO2/c1-4-11-6-5-7-12(10-11)15-13(18-2)8-9-14(19-3)16(15)17/h1,5-10H,2-3H3. The fourth-order valence-corrected chi connectivity index (χ4v) is 2.62. The van der Waals surface area contributed by atoms with Crippen LogP contribution in [0.5, 0.6) is 11.5 Å². The third kappa shape index (κ3) is 2.59. The van der Waals surface area contributed by atoms with E-state index in [4.69, 9.17) is 15.9 Å². The Morgan fingerprint density at radius 2 is 1.74 bits per heavy atom. The van der Waals surface area contributed by atoms with Gasteiger partial charge in [-0.05, 0) is 45.8 Å². The second kappa shape index (κ2) is 5.81. The molecule has 0 radical (unpaired) electrons. The van der Waals surface area contributed by atoms with Crippen LogP contribution in [0, 0.1) is 12.3 Å². The molecule has 0 aromatic heterocycles. The monoisotopic (exact) mass is 316 g/mol. The molecule has 2 rings (SSSR count). The predicted octanol–water partition coefficient (Wildman–Crippen LogP) is 4.11. The van der Waals surface area contributed by atoms with Crippen LogP contribution in [0.25, 0.3) is 11.1 Å². The van der Waals surface area contributed by atoms with Crippen molar-refractivity contribution in [1.82, 2.24) is 0 Å². The van der Waals surface area contributed by atoms with Crippen molar-refractivity contribution in [3.05, 3.63) is 46.4 Å². The van der Waals surface area contributed by atoms with Crippen molar-refractivity contribution < 1.29 is 9.47 Å². The van der Waals surface area contributed by atoms with E-state index in [-0.39, 0.29) is 0 Å². The molecule has 0 saturated carbocycles. The van der Waals surface area contributed by atoms with Crippen LogP contribution in [0.1, 0.15) is 5.56 Å². The maximum Gasteiger partial charge on any atom is 0.133 e. The molecule has 0 aliphatic heterocycles. The first-order valence-corrected chi connectivity index (χ1v) is 6.48. The average Bonchev–Trinajstić information content (AvgIpc) is 2.46. The van der Waals surface area contributed by atoms with Crippen LogP contribution < -0.4 is 9.47 Å². The lowest BCUT2D eigenvalue weighted by molar-refractivity contribution is 0.402. The zero-order chi connectivity index (χ0) is 13.8. The molecule has 0 atom stereocenters. The molecular formula is C16H13BrO2. The summed E-state index contributed by atoms with van der Waals surface area (Å²) in [6, 6.07) is 11.5. The number of terminal acetylenes is 1. The highest BCUT2D eigenvalue weighted by Crippen LogP contribution is 2.42. The number of halogens is 1. The largest absolute Gasteiger partial charge is 0.496 e. The van der Waals surface area contributed by atoms with Gasteiger partial charge in [0.15, 0.2) is 0 Å². The van der Waals surface area contributed by atoms with Gasteiger partial charge in [-0.15, -0.1) is 6.42 Å². The first-order valence-electron chi connectivity index (χ1n) is 5.68. The third-order valence-corrected chi connectivity index (χ3v) is 3.61. The lowest BCUT2D eigenvalue weighted by Crippen LogP contribution is -1.93. The lowest BCUT2D eigenvalue weighted by Gasteiger charge is -2.14. The molecule has 0 amide bonds. The molecule has 0 bridgehead atoms. The van der Waals surface area contributed by atoms with Gasteiger partial charge >= 0.3 is 0 Å². The van der Waals surface area contributed by atoms with Gasteiger partial charge in [0.05, 0.1) is 18.7 Å². The highest BCUT2D eigenvalue weighted by molar-refractivity contribution is 9.10. The molecule has 0 aliphatic carbocycles. The van der Waals surface area contributed by atoms with E-state index in [0.29, 0.717) is 0 Å². The zero-order valence-corrected chi connectivity index (χ0v) is 12.3. The number of ether oxygens (including phenoxy) is 2. The number of benzene rings is 2. The van der Waals surface area contributed by atoms with Gasteiger partial charge in [0.1, 0.15) is 11.5 Å². The minimum absolute atomic E-state index is 0.752. The van der Waals surface area contributed by atoms with Crippen molar-refractivity contribution in [3.8, 4) is 35.0 Å². The molecule has 3 heteroatoms. The Kier molecular flexibility index (Phi) is 4.13. The summed E-state index contributed by atoms with van der Waals surface area (Å²) in [6.07, 6.45) is 5.44. The molecule has 0 unspecified atom stereocenters. The molecule has 0 spiro atoms. The molecule has 0 aliphatic rings. The number of hydrogen-bond donors (Lipinski definition) is 0. The van der Waals surface area contributed by atoms with E-state index in [1.165, 1.54) is 0 Å². The summed E-state index contributed by atoms with van der Waals surface area (Å²) in [5.41, 5.74) is 2.74. The Labute approximate surface area is 121 Å². The van der Waals surface area contributed by atoms with Gasteiger partial charge in [-0.1, -0.05) is 18.1 Å². The number of hydrogen-bond acceptors (Lipinski definition) is 2. The Balaban J connectivity index is 2.69. The van der Waals surface area contributed by atoms with E-state index in [9.17, 15) is 0 Å². The van der Waals surface area contributed by atoms with E-state index in [0.717, 1.165) is 32.7 Å². The molecule has 96 valence electrons. The van der Waals surface area contributed by atoms with Crippen molar-refractivity contribution in [2.45, 2.75) is 0 Å². The van der Waals surface area contributed by atoms with Gasteiger partial charge < -0.3 is 9.47 Å². The van der Waals surface area contributed by atoms with Gasteiger partial charge in [0, 0.05) is 11.1 Å². The maximum absolute atomic E-state index is 5.44. The Morgan fingerprint density at radius 3 is 2.37 bits per heavy atom. The summed E-state index contributed by atoms with van der Waals surface area (Å²) in [5.74, 6) is 4.15. The van der Waals surface area contributed by atoms with Gasteiger partial charge in [-0.3, -0.25) is 0 Å². The molecule has 0 fully saturated rings. The molecule has 2 nitrogen and oxygen atoms in total. The highest BCUT2D eigenvalue weighted by atomic mass is 79.9. The van der Waals surface area contributed by atoms with Gasteiger partial charge in [0.25, 0.3) is 0 Å². The summed E-state index contributed by atoms with van der Waals surface area (Å²) in [4.78, 5) is 0. The average molecular weight is 317 g/mol. The molecule has 19 heavy (non-hydrogen) atoms. The van der Waals surface area contributed by atoms with Crippen LogP contribution in [-0.4, -0.2) is 14.2 Å². The highest BCUT2D eigenvalue weighted by Gasteiger charge is 2.14. The zero-order valence-electron chi connectivity index (χ0n) is 10.7. The molecule has 2 aromatic carbocycles. The Bertz CT molecular complexity index is 642. The fraction of sp³-hybridized carbons (Fsp3) is 0.125. The third-order valence-electron chi connectivity index (χ3n) is 2.83. The smallest absolute Gasteiger partial charge is 0.133 e. The first kappa shape index (κ1) is 13.5. The Morgan fingerprint density at radius 1 is 1.05 bits per heavy atom.